The number of rotatable bonds is 2. The van der Waals surface area contributed by atoms with Crippen molar-refractivity contribution in [2.45, 2.75) is 25.2 Å². The molecule has 0 bridgehead atoms. The Bertz CT molecular complexity index is 488. The van der Waals surface area contributed by atoms with E-state index in [-0.39, 0.29) is 17.6 Å². The number of carbonyl (C=O) groups excluding carboxylic acids is 1. The van der Waals surface area contributed by atoms with E-state index in [1.807, 2.05) is 6.07 Å². The van der Waals surface area contributed by atoms with Gasteiger partial charge in [0.25, 0.3) is 0 Å². The van der Waals surface area contributed by atoms with Crippen molar-refractivity contribution in [2.75, 3.05) is 27.2 Å². The van der Waals surface area contributed by atoms with Crippen LogP contribution in [-0.4, -0.2) is 43.2 Å². The van der Waals surface area contributed by atoms with E-state index in [0.29, 0.717) is 0 Å². The molecule has 20 heavy (non-hydrogen) atoms. The lowest BCUT2D eigenvalue weighted by atomic mass is 9.68. The summed E-state index contributed by atoms with van der Waals surface area (Å²) < 4.78 is 5.11. The fraction of sp³-hybridized carbons (Fsp3) is 0.562. The number of ether oxygens (including phenoxy) is 1. The molecule has 2 unspecified atom stereocenters. The molecule has 0 aliphatic carbocycles. The molecule has 110 valence electrons. The normalized spacial score (nSPS) is 27.9. The third-order valence-corrected chi connectivity index (χ3v) is 4.45. The Morgan fingerprint density at radius 2 is 2.25 bits per heavy atom. The second-order valence-corrected chi connectivity index (χ2v) is 5.78. The van der Waals surface area contributed by atoms with Gasteiger partial charge in [-0.25, -0.2) is 0 Å². The van der Waals surface area contributed by atoms with E-state index < -0.39 is 5.41 Å². The van der Waals surface area contributed by atoms with Crippen molar-refractivity contribution in [2.24, 2.45) is 5.92 Å². The molecule has 4 heteroatoms. The summed E-state index contributed by atoms with van der Waals surface area (Å²) in [6, 6.07) is 7.02. The fourth-order valence-corrected chi connectivity index (χ4v) is 3.40. The van der Waals surface area contributed by atoms with Crippen LogP contribution in [0.4, 0.5) is 0 Å². The lowest BCUT2D eigenvalue weighted by Crippen LogP contribution is -2.44. The van der Waals surface area contributed by atoms with Crippen molar-refractivity contribution in [1.29, 1.82) is 0 Å². The van der Waals surface area contributed by atoms with Gasteiger partial charge in [0.1, 0.15) is 5.75 Å². The zero-order chi connectivity index (χ0) is 14.8. The van der Waals surface area contributed by atoms with Crippen LogP contribution in [0.15, 0.2) is 24.3 Å². The number of aromatic hydroxyl groups is 1. The van der Waals surface area contributed by atoms with Gasteiger partial charge >= 0.3 is 5.97 Å². The van der Waals surface area contributed by atoms with Gasteiger partial charge in [-0.1, -0.05) is 19.1 Å². The molecule has 1 aliphatic rings. The highest BCUT2D eigenvalue weighted by atomic mass is 16.5. The summed E-state index contributed by atoms with van der Waals surface area (Å²) in [5.41, 5.74) is 0.185. The fourth-order valence-electron chi connectivity index (χ4n) is 3.40. The number of esters is 1. The third kappa shape index (κ3) is 2.52. The van der Waals surface area contributed by atoms with Gasteiger partial charge in [-0.05, 0) is 50.0 Å². The number of phenolic OH excluding ortho intramolecular Hbond substituents is 1. The van der Waals surface area contributed by atoms with E-state index in [4.69, 9.17) is 4.74 Å². The van der Waals surface area contributed by atoms with Crippen LogP contribution in [0.5, 0.6) is 5.75 Å². The lowest BCUT2D eigenvalue weighted by Gasteiger charge is -2.36. The quantitative estimate of drug-likeness (QED) is 0.842. The minimum atomic E-state index is -0.668. The van der Waals surface area contributed by atoms with Gasteiger partial charge in [-0.3, -0.25) is 4.79 Å². The van der Waals surface area contributed by atoms with Gasteiger partial charge in [0.2, 0.25) is 0 Å². The van der Waals surface area contributed by atoms with Gasteiger partial charge in [0.15, 0.2) is 0 Å². The monoisotopic (exact) mass is 277 g/mol. The van der Waals surface area contributed by atoms with Crippen LogP contribution in [0.3, 0.4) is 0 Å². The first-order chi connectivity index (χ1) is 9.50. The highest BCUT2D eigenvalue weighted by molar-refractivity contribution is 5.84. The first kappa shape index (κ1) is 14.9. The molecule has 1 saturated heterocycles. The molecular formula is C16H23NO3. The average Bonchev–Trinajstić information content (AvgIpc) is 2.57. The number of benzene rings is 1. The SMILES string of the molecule is COC(=O)C1(c2cccc(O)c2)CCCN(C)CC1C. The number of methoxy groups -OCH3 is 1. The van der Waals surface area contributed by atoms with Gasteiger partial charge in [-0.15, -0.1) is 0 Å². The summed E-state index contributed by atoms with van der Waals surface area (Å²) >= 11 is 0. The highest BCUT2D eigenvalue weighted by Gasteiger charge is 2.47. The Morgan fingerprint density at radius 1 is 1.50 bits per heavy atom. The number of likely N-dealkylation sites (tertiary alicyclic amines) is 1. The molecule has 0 aromatic heterocycles. The summed E-state index contributed by atoms with van der Waals surface area (Å²) in [6.07, 6.45) is 1.68. The van der Waals surface area contributed by atoms with Crippen LogP contribution in [-0.2, 0) is 14.9 Å². The average molecular weight is 277 g/mol. The van der Waals surface area contributed by atoms with Crippen molar-refractivity contribution < 1.29 is 14.6 Å². The van der Waals surface area contributed by atoms with E-state index in [9.17, 15) is 9.90 Å². The van der Waals surface area contributed by atoms with Gasteiger partial charge in [0, 0.05) is 6.54 Å². The van der Waals surface area contributed by atoms with Gasteiger partial charge in [-0.2, -0.15) is 0 Å². The zero-order valence-corrected chi connectivity index (χ0v) is 12.4. The lowest BCUT2D eigenvalue weighted by molar-refractivity contribution is -0.150. The Balaban J connectivity index is 2.52. The largest absolute Gasteiger partial charge is 0.508 e. The minimum Gasteiger partial charge on any atom is -0.508 e. The van der Waals surface area contributed by atoms with Crippen LogP contribution in [0.2, 0.25) is 0 Å². The molecule has 1 aromatic carbocycles. The van der Waals surface area contributed by atoms with Crippen LogP contribution < -0.4 is 0 Å². The molecule has 1 fully saturated rings. The molecule has 0 spiro atoms. The third-order valence-electron chi connectivity index (χ3n) is 4.45. The smallest absolute Gasteiger partial charge is 0.316 e. The molecule has 2 atom stereocenters. The molecule has 0 radical (unpaired) electrons. The molecule has 1 heterocycles. The van der Waals surface area contributed by atoms with Crippen LogP contribution in [0.25, 0.3) is 0 Å². The van der Waals surface area contributed by atoms with Crippen molar-refractivity contribution in [3.05, 3.63) is 29.8 Å². The predicted molar refractivity (Wildman–Crippen MR) is 77.7 cm³/mol. The number of hydrogen-bond acceptors (Lipinski definition) is 4. The summed E-state index contributed by atoms with van der Waals surface area (Å²) in [4.78, 5) is 14.8. The van der Waals surface area contributed by atoms with Crippen LogP contribution in [0, 0.1) is 5.92 Å². The maximum absolute atomic E-state index is 12.5. The van der Waals surface area contributed by atoms with Gasteiger partial charge < -0.3 is 14.7 Å². The molecular weight excluding hydrogens is 254 g/mol. The Kier molecular flexibility index (Phi) is 4.33. The number of hydrogen-bond donors (Lipinski definition) is 1. The maximum Gasteiger partial charge on any atom is 0.316 e. The minimum absolute atomic E-state index is 0.129. The summed E-state index contributed by atoms with van der Waals surface area (Å²) in [5.74, 6) is 0.116. The van der Waals surface area contributed by atoms with E-state index in [1.54, 1.807) is 18.2 Å². The first-order valence-corrected chi connectivity index (χ1v) is 7.07. The predicted octanol–water partition coefficient (Wildman–Crippen LogP) is 2.16. The number of carbonyl (C=O) groups is 1. The Labute approximate surface area is 120 Å². The van der Waals surface area contributed by atoms with E-state index in [1.165, 1.54) is 7.11 Å². The molecule has 1 aliphatic heterocycles. The second-order valence-electron chi connectivity index (χ2n) is 5.78. The summed E-state index contributed by atoms with van der Waals surface area (Å²) in [5, 5.41) is 9.76. The number of nitrogens with zero attached hydrogens (tertiary/aromatic N) is 1. The Morgan fingerprint density at radius 3 is 2.90 bits per heavy atom. The van der Waals surface area contributed by atoms with E-state index in [2.05, 4.69) is 18.9 Å². The van der Waals surface area contributed by atoms with Crippen LogP contribution >= 0.6 is 0 Å². The Hall–Kier alpha value is -1.55. The van der Waals surface area contributed by atoms with Crippen molar-refractivity contribution >= 4 is 5.97 Å². The van der Waals surface area contributed by atoms with Crippen molar-refractivity contribution in [1.82, 2.24) is 4.90 Å². The standard InChI is InChI=1S/C16H23NO3/c1-12-11-17(2)9-5-8-16(12,15(19)20-3)13-6-4-7-14(18)10-13/h4,6-7,10,12,18H,5,8-9,11H2,1-3H3. The van der Waals surface area contributed by atoms with Crippen molar-refractivity contribution in [3.8, 4) is 5.75 Å². The summed E-state index contributed by atoms with van der Waals surface area (Å²) in [6.45, 7) is 3.90. The maximum atomic E-state index is 12.5. The second kappa shape index (κ2) is 5.83. The molecule has 1 aromatic rings. The number of phenols is 1. The molecule has 0 amide bonds. The van der Waals surface area contributed by atoms with E-state index in [0.717, 1.165) is 31.5 Å². The van der Waals surface area contributed by atoms with Crippen molar-refractivity contribution in [3.63, 3.8) is 0 Å². The highest BCUT2D eigenvalue weighted by Crippen LogP contribution is 2.41. The molecule has 2 rings (SSSR count). The molecule has 0 saturated carbocycles. The van der Waals surface area contributed by atoms with Crippen LogP contribution in [0.1, 0.15) is 25.3 Å². The van der Waals surface area contributed by atoms with Gasteiger partial charge in [0.05, 0.1) is 12.5 Å². The molecule has 1 N–H and O–H groups in total. The zero-order valence-electron chi connectivity index (χ0n) is 12.4. The molecule has 4 nitrogen and oxygen atoms in total. The summed E-state index contributed by atoms with van der Waals surface area (Å²) in [7, 11) is 3.51. The first-order valence-electron chi connectivity index (χ1n) is 7.07. The van der Waals surface area contributed by atoms with E-state index >= 15 is 0 Å². The topological polar surface area (TPSA) is 49.8 Å².